The van der Waals surface area contributed by atoms with Crippen molar-refractivity contribution in [2.24, 2.45) is 11.7 Å². The molecule has 0 saturated heterocycles. The van der Waals surface area contributed by atoms with Gasteiger partial charge in [0.2, 0.25) is 11.8 Å². The van der Waals surface area contributed by atoms with Crippen LogP contribution in [0.2, 0.25) is 0 Å². The zero-order valence-corrected chi connectivity index (χ0v) is 10.1. The van der Waals surface area contributed by atoms with Gasteiger partial charge in [-0.25, -0.2) is 0 Å². The Kier molecular flexibility index (Phi) is 3.77. The molecule has 94 valence electrons. The number of nitrogens with two attached hydrogens (primary N) is 1. The Balaban J connectivity index is 1.90. The van der Waals surface area contributed by atoms with Crippen molar-refractivity contribution >= 4 is 17.5 Å². The number of rotatable bonds is 4. The Labute approximate surface area is 106 Å². The minimum Gasteiger partial charge on any atom is -0.366 e. The summed E-state index contributed by atoms with van der Waals surface area (Å²) in [5, 5.41) is 2.81. The third kappa shape index (κ3) is 3.20. The predicted molar refractivity (Wildman–Crippen MR) is 70.1 cm³/mol. The molecule has 0 aromatic heterocycles. The highest BCUT2D eigenvalue weighted by Crippen LogP contribution is 2.21. The smallest absolute Gasteiger partial charge is 0.248 e. The first-order valence-corrected chi connectivity index (χ1v) is 6.01. The summed E-state index contributed by atoms with van der Waals surface area (Å²) in [4.78, 5) is 22.6. The van der Waals surface area contributed by atoms with Crippen molar-refractivity contribution in [2.45, 2.75) is 19.3 Å². The molecule has 0 heterocycles. The summed E-state index contributed by atoms with van der Waals surface area (Å²) in [7, 11) is 0. The lowest BCUT2D eigenvalue weighted by Gasteiger charge is -2.08. The molecule has 0 bridgehead atoms. The van der Waals surface area contributed by atoms with Crippen LogP contribution in [0.15, 0.2) is 36.4 Å². The number of anilines is 1. The normalized spacial score (nSPS) is 17.7. The third-order valence-corrected chi connectivity index (χ3v) is 3.01. The van der Waals surface area contributed by atoms with Crippen LogP contribution in [0.3, 0.4) is 0 Å². The minimum absolute atomic E-state index is 0.00150. The maximum atomic E-state index is 11.8. The fourth-order valence-electron chi connectivity index (χ4n) is 2.03. The van der Waals surface area contributed by atoms with Crippen molar-refractivity contribution in [2.75, 3.05) is 5.32 Å². The van der Waals surface area contributed by atoms with Crippen LogP contribution < -0.4 is 11.1 Å². The molecule has 0 aliphatic heterocycles. The fourth-order valence-corrected chi connectivity index (χ4v) is 2.03. The highest BCUT2D eigenvalue weighted by atomic mass is 16.2. The van der Waals surface area contributed by atoms with Crippen molar-refractivity contribution < 1.29 is 9.59 Å². The van der Waals surface area contributed by atoms with E-state index in [1.807, 2.05) is 0 Å². The second-order valence-corrected chi connectivity index (χ2v) is 4.46. The van der Waals surface area contributed by atoms with Gasteiger partial charge in [0.25, 0.3) is 0 Å². The summed E-state index contributed by atoms with van der Waals surface area (Å²) >= 11 is 0. The minimum atomic E-state index is -0.469. The van der Waals surface area contributed by atoms with Crippen LogP contribution in [0, 0.1) is 5.92 Å². The number of carbonyl (C=O) groups excluding carboxylic acids is 2. The molecular formula is C14H16N2O2. The fraction of sp³-hybridized carbons (Fsp3) is 0.286. The molecule has 1 aromatic rings. The summed E-state index contributed by atoms with van der Waals surface area (Å²) in [6.07, 6.45) is 6.82. The Hall–Kier alpha value is -2.10. The van der Waals surface area contributed by atoms with E-state index >= 15 is 0 Å². The maximum Gasteiger partial charge on any atom is 0.248 e. The lowest BCUT2D eigenvalue weighted by molar-refractivity contribution is -0.116. The topological polar surface area (TPSA) is 72.2 Å². The number of hydrogen-bond donors (Lipinski definition) is 2. The van der Waals surface area contributed by atoms with E-state index in [-0.39, 0.29) is 5.91 Å². The molecule has 18 heavy (non-hydrogen) atoms. The van der Waals surface area contributed by atoms with E-state index in [1.165, 1.54) is 0 Å². The molecule has 1 atom stereocenters. The van der Waals surface area contributed by atoms with Crippen LogP contribution in [0.4, 0.5) is 5.69 Å². The third-order valence-electron chi connectivity index (χ3n) is 3.01. The summed E-state index contributed by atoms with van der Waals surface area (Å²) < 4.78 is 0. The Bertz CT molecular complexity index is 477. The molecule has 1 unspecified atom stereocenters. The number of allylic oxidation sites excluding steroid dienone is 2. The summed E-state index contributed by atoms with van der Waals surface area (Å²) in [6.45, 7) is 0. The number of primary amides is 1. The quantitative estimate of drug-likeness (QED) is 0.796. The van der Waals surface area contributed by atoms with Gasteiger partial charge in [0.15, 0.2) is 0 Å². The van der Waals surface area contributed by atoms with Gasteiger partial charge in [0, 0.05) is 17.7 Å². The van der Waals surface area contributed by atoms with Crippen LogP contribution in [-0.2, 0) is 4.79 Å². The first kappa shape index (κ1) is 12.4. The van der Waals surface area contributed by atoms with Crippen LogP contribution >= 0.6 is 0 Å². The predicted octanol–water partition coefficient (Wildman–Crippen LogP) is 2.08. The molecular weight excluding hydrogens is 228 g/mol. The molecule has 0 radical (unpaired) electrons. The average Bonchev–Trinajstić information content (AvgIpc) is 2.82. The lowest BCUT2D eigenvalue weighted by atomic mass is 10.0. The van der Waals surface area contributed by atoms with Crippen LogP contribution in [-0.4, -0.2) is 11.8 Å². The number of carbonyl (C=O) groups is 2. The lowest BCUT2D eigenvalue weighted by Crippen LogP contribution is -2.15. The first-order valence-electron chi connectivity index (χ1n) is 6.01. The standard InChI is InChI=1S/C14H16N2O2/c15-14(18)11-5-7-12(8-6-11)16-13(17)9-10-3-1-2-4-10/h1,3,5-8,10H,2,4,9H2,(H2,15,18)(H,16,17). The number of nitrogens with one attached hydrogen (secondary N) is 1. The van der Waals surface area contributed by atoms with Crippen LogP contribution in [0.25, 0.3) is 0 Å². The van der Waals surface area contributed by atoms with Gasteiger partial charge >= 0.3 is 0 Å². The Morgan fingerprint density at radius 1 is 1.28 bits per heavy atom. The molecule has 0 fully saturated rings. The molecule has 0 saturated carbocycles. The van der Waals surface area contributed by atoms with Gasteiger partial charge in [-0.05, 0) is 43.0 Å². The van der Waals surface area contributed by atoms with E-state index in [9.17, 15) is 9.59 Å². The van der Waals surface area contributed by atoms with Crippen LogP contribution in [0.5, 0.6) is 0 Å². The number of benzene rings is 1. The summed E-state index contributed by atoms with van der Waals surface area (Å²) in [5.41, 5.74) is 6.26. The molecule has 3 N–H and O–H groups in total. The summed E-state index contributed by atoms with van der Waals surface area (Å²) in [5.74, 6) is -0.114. The molecule has 4 heteroatoms. The Morgan fingerprint density at radius 2 is 2.00 bits per heavy atom. The van der Waals surface area contributed by atoms with Gasteiger partial charge < -0.3 is 11.1 Å². The Morgan fingerprint density at radius 3 is 2.56 bits per heavy atom. The zero-order valence-electron chi connectivity index (χ0n) is 10.1. The van der Waals surface area contributed by atoms with Crippen molar-refractivity contribution in [3.63, 3.8) is 0 Å². The van der Waals surface area contributed by atoms with Crippen molar-refractivity contribution in [1.29, 1.82) is 0 Å². The van der Waals surface area contributed by atoms with Gasteiger partial charge in [-0.3, -0.25) is 9.59 Å². The van der Waals surface area contributed by atoms with E-state index in [0.29, 0.717) is 23.6 Å². The SMILES string of the molecule is NC(=O)c1ccc(NC(=O)CC2C=CCC2)cc1. The average molecular weight is 244 g/mol. The molecule has 4 nitrogen and oxygen atoms in total. The first-order chi connectivity index (χ1) is 8.65. The second kappa shape index (κ2) is 5.49. The zero-order chi connectivity index (χ0) is 13.0. The van der Waals surface area contributed by atoms with Gasteiger partial charge in [0.05, 0.1) is 0 Å². The van der Waals surface area contributed by atoms with Crippen molar-refractivity contribution in [3.8, 4) is 0 Å². The van der Waals surface area contributed by atoms with Gasteiger partial charge in [-0.15, -0.1) is 0 Å². The van der Waals surface area contributed by atoms with E-state index in [1.54, 1.807) is 24.3 Å². The van der Waals surface area contributed by atoms with E-state index < -0.39 is 5.91 Å². The monoisotopic (exact) mass is 244 g/mol. The maximum absolute atomic E-state index is 11.8. The molecule has 2 rings (SSSR count). The number of hydrogen-bond acceptors (Lipinski definition) is 2. The highest BCUT2D eigenvalue weighted by Gasteiger charge is 2.14. The summed E-state index contributed by atoms with van der Waals surface area (Å²) in [6, 6.07) is 6.58. The molecule has 0 spiro atoms. The van der Waals surface area contributed by atoms with E-state index in [0.717, 1.165) is 12.8 Å². The molecule has 2 amide bonds. The van der Waals surface area contributed by atoms with Gasteiger partial charge in [-0.2, -0.15) is 0 Å². The largest absolute Gasteiger partial charge is 0.366 e. The second-order valence-electron chi connectivity index (χ2n) is 4.46. The van der Waals surface area contributed by atoms with Crippen LogP contribution in [0.1, 0.15) is 29.6 Å². The van der Waals surface area contributed by atoms with E-state index in [4.69, 9.17) is 5.73 Å². The van der Waals surface area contributed by atoms with Crippen molar-refractivity contribution in [3.05, 3.63) is 42.0 Å². The van der Waals surface area contributed by atoms with Crippen molar-refractivity contribution in [1.82, 2.24) is 0 Å². The van der Waals surface area contributed by atoms with E-state index in [2.05, 4.69) is 17.5 Å². The number of amides is 2. The molecule has 1 aliphatic carbocycles. The molecule has 1 aromatic carbocycles. The van der Waals surface area contributed by atoms with Gasteiger partial charge in [-0.1, -0.05) is 12.2 Å². The highest BCUT2D eigenvalue weighted by molar-refractivity contribution is 5.94. The molecule has 1 aliphatic rings. The van der Waals surface area contributed by atoms with Gasteiger partial charge in [0.1, 0.15) is 0 Å².